The highest BCUT2D eigenvalue weighted by Gasteiger charge is 1.38. The number of rotatable bonds is 1. The molecule has 0 amide bonds. The molecule has 0 aliphatic rings. The van der Waals surface area contributed by atoms with Crippen molar-refractivity contribution in [3.05, 3.63) is 18.4 Å². The highest BCUT2D eigenvalue weighted by Crippen LogP contribution is 1.45. The standard InChI is InChI=1S/C4H5N/c1-2-3-4-5/h3-5H,1H2. The van der Waals surface area contributed by atoms with Crippen molar-refractivity contribution in [2.75, 3.05) is 0 Å². The summed E-state index contributed by atoms with van der Waals surface area (Å²) in [7, 11) is 0. The molecule has 1 N–H and O–H groups in total. The molecule has 0 rings (SSSR count). The zero-order valence-corrected chi connectivity index (χ0v) is 2.86. The Labute approximate surface area is 31.1 Å². The van der Waals surface area contributed by atoms with E-state index in [2.05, 4.69) is 12.3 Å². The third kappa shape index (κ3) is 3.19. The summed E-state index contributed by atoms with van der Waals surface area (Å²) in [5, 5.41) is 6.32. The lowest BCUT2D eigenvalue weighted by Gasteiger charge is -1.46. The number of nitrogens with one attached hydrogen (secondary N) is 1. The number of hydrogen-bond acceptors (Lipinski definition) is 1. The molecule has 0 atom stereocenters. The fraction of sp³-hybridized carbons (Fsp3) is 0. The summed E-state index contributed by atoms with van der Waals surface area (Å²) < 4.78 is 0. The largest absolute Gasteiger partial charge is 0.308 e. The van der Waals surface area contributed by atoms with Gasteiger partial charge in [-0.1, -0.05) is 6.58 Å². The van der Waals surface area contributed by atoms with Crippen LogP contribution in [-0.4, -0.2) is 6.21 Å². The van der Waals surface area contributed by atoms with Crippen molar-refractivity contribution in [1.29, 1.82) is 5.41 Å². The van der Waals surface area contributed by atoms with Gasteiger partial charge in [0.1, 0.15) is 0 Å². The first kappa shape index (κ1) is 4.19. The van der Waals surface area contributed by atoms with Crippen molar-refractivity contribution in [3.63, 3.8) is 0 Å². The molecule has 0 aromatic carbocycles. The molecule has 0 unspecified atom stereocenters. The van der Waals surface area contributed by atoms with Crippen molar-refractivity contribution in [3.8, 4) is 0 Å². The van der Waals surface area contributed by atoms with Crippen LogP contribution in [0.25, 0.3) is 0 Å². The first-order valence-corrected chi connectivity index (χ1v) is 1.26. The van der Waals surface area contributed by atoms with Crippen molar-refractivity contribution in [1.82, 2.24) is 0 Å². The molecule has 0 spiro atoms. The van der Waals surface area contributed by atoms with Crippen LogP contribution in [0.5, 0.6) is 0 Å². The topological polar surface area (TPSA) is 23.9 Å². The minimum Gasteiger partial charge on any atom is -0.308 e. The third-order valence-corrected chi connectivity index (χ3v) is 0.201. The van der Waals surface area contributed by atoms with Crippen LogP contribution in [-0.2, 0) is 0 Å². The molecule has 1 nitrogen and oxygen atoms in total. The van der Waals surface area contributed by atoms with Crippen molar-refractivity contribution in [2.45, 2.75) is 0 Å². The van der Waals surface area contributed by atoms with Crippen LogP contribution in [0.15, 0.2) is 18.4 Å². The van der Waals surface area contributed by atoms with E-state index in [1.54, 1.807) is 0 Å². The second kappa shape index (κ2) is 3.19. The van der Waals surface area contributed by atoms with Gasteiger partial charge in [0.2, 0.25) is 0 Å². The molecule has 0 saturated carbocycles. The highest BCUT2D eigenvalue weighted by atomic mass is 14.3. The summed E-state index contributed by atoms with van der Waals surface area (Å²) in [5.41, 5.74) is 2.40. The zero-order chi connectivity index (χ0) is 4.12. The molecule has 0 aliphatic carbocycles. The van der Waals surface area contributed by atoms with Gasteiger partial charge in [-0.05, 0) is 6.08 Å². The van der Waals surface area contributed by atoms with E-state index in [9.17, 15) is 0 Å². The predicted octanol–water partition coefficient (Wildman–Crippen LogP) is 0.977. The smallest absolute Gasteiger partial charge is 0.0254 e. The normalized spacial score (nSPS) is 4.80. The van der Waals surface area contributed by atoms with Gasteiger partial charge in [0.15, 0.2) is 0 Å². The molecule has 0 aromatic rings. The first-order chi connectivity index (χ1) is 2.41. The Morgan fingerprint density at radius 3 is 2.40 bits per heavy atom. The first-order valence-electron chi connectivity index (χ1n) is 1.26. The lowest BCUT2D eigenvalue weighted by atomic mass is 10.7. The van der Waals surface area contributed by atoms with Crippen LogP contribution < -0.4 is 0 Å². The van der Waals surface area contributed by atoms with Gasteiger partial charge in [0, 0.05) is 6.21 Å². The Morgan fingerprint density at radius 1 is 1.80 bits per heavy atom. The van der Waals surface area contributed by atoms with E-state index < -0.39 is 0 Å². The van der Waals surface area contributed by atoms with E-state index in [1.165, 1.54) is 6.08 Å². The summed E-state index contributed by atoms with van der Waals surface area (Å²) >= 11 is 0. The number of allylic oxidation sites excluding steroid dienone is 1. The maximum Gasteiger partial charge on any atom is 0.0254 e. The Morgan fingerprint density at radius 2 is 2.40 bits per heavy atom. The van der Waals surface area contributed by atoms with Crippen LogP contribution in [0.1, 0.15) is 0 Å². The molecule has 0 radical (unpaired) electrons. The molecule has 0 aliphatic heterocycles. The minimum absolute atomic E-state index is 1.13. The van der Waals surface area contributed by atoms with E-state index in [-0.39, 0.29) is 0 Å². The molecule has 1 heteroatoms. The minimum atomic E-state index is 1.13. The SMILES string of the molecule is C=C=CC=N. The maximum absolute atomic E-state index is 6.32. The second-order valence-corrected chi connectivity index (χ2v) is 0.537. The van der Waals surface area contributed by atoms with E-state index in [0.717, 1.165) is 6.21 Å². The van der Waals surface area contributed by atoms with Crippen molar-refractivity contribution < 1.29 is 0 Å². The summed E-state index contributed by atoms with van der Waals surface area (Å²) in [6.07, 6.45) is 2.56. The Kier molecular flexibility index (Phi) is 2.67. The van der Waals surface area contributed by atoms with Crippen molar-refractivity contribution in [2.24, 2.45) is 0 Å². The Bertz CT molecular complexity index is 67.7. The van der Waals surface area contributed by atoms with Gasteiger partial charge in [0.05, 0.1) is 0 Å². The molecule has 0 bridgehead atoms. The van der Waals surface area contributed by atoms with E-state index in [1.807, 2.05) is 0 Å². The predicted molar refractivity (Wildman–Crippen MR) is 22.5 cm³/mol. The summed E-state index contributed by atoms with van der Waals surface area (Å²) in [4.78, 5) is 0. The molecule has 0 fully saturated rings. The molecule has 0 aromatic heterocycles. The van der Waals surface area contributed by atoms with Gasteiger partial charge in [-0.25, -0.2) is 0 Å². The van der Waals surface area contributed by atoms with Gasteiger partial charge in [-0.15, -0.1) is 5.73 Å². The van der Waals surface area contributed by atoms with Crippen LogP contribution >= 0.6 is 0 Å². The molecular weight excluding hydrogens is 62.1 g/mol. The number of hydrogen-bond donors (Lipinski definition) is 1. The summed E-state index contributed by atoms with van der Waals surface area (Å²) in [5.74, 6) is 0. The van der Waals surface area contributed by atoms with Gasteiger partial charge >= 0.3 is 0 Å². The lowest BCUT2D eigenvalue weighted by molar-refractivity contribution is 1.58. The van der Waals surface area contributed by atoms with Crippen LogP contribution in [0.4, 0.5) is 0 Å². The summed E-state index contributed by atoms with van der Waals surface area (Å²) in [6, 6.07) is 0. The zero-order valence-electron chi connectivity index (χ0n) is 2.86. The van der Waals surface area contributed by atoms with Crippen LogP contribution in [0.3, 0.4) is 0 Å². The highest BCUT2D eigenvalue weighted by molar-refractivity contribution is 5.66. The van der Waals surface area contributed by atoms with E-state index in [0.29, 0.717) is 0 Å². The van der Waals surface area contributed by atoms with Crippen LogP contribution in [0.2, 0.25) is 0 Å². The average molecular weight is 67.1 g/mol. The lowest BCUT2D eigenvalue weighted by Crippen LogP contribution is -1.44. The van der Waals surface area contributed by atoms with Gasteiger partial charge in [-0.2, -0.15) is 0 Å². The van der Waals surface area contributed by atoms with Crippen LogP contribution in [0, 0.1) is 5.41 Å². The molecular formula is C4H5N. The third-order valence-electron chi connectivity index (χ3n) is 0.201. The quantitative estimate of drug-likeness (QED) is 0.349. The van der Waals surface area contributed by atoms with E-state index >= 15 is 0 Å². The second-order valence-electron chi connectivity index (χ2n) is 0.537. The van der Waals surface area contributed by atoms with Crippen molar-refractivity contribution >= 4 is 6.21 Å². The maximum atomic E-state index is 6.32. The Balaban J connectivity index is 3.31. The molecule has 0 saturated heterocycles. The monoisotopic (exact) mass is 67.0 g/mol. The Hall–Kier alpha value is -0.810. The molecule has 0 heterocycles. The average Bonchev–Trinajstić information content (AvgIpc) is 1.41. The van der Waals surface area contributed by atoms with Gasteiger partial charge < -0.3 is 5.41 Å². The fourth-order valence-corrected chi connectivity index (χ4v) is 0.0589. The van der Waals surface area contributed by atoms with Gasteiger partial charge in [-0.3, -0.25) is 0 Å². The molecule has 26 valence electrons. The van der Waals surface area contributed by atoms with Gasteiger partial charge in [0.25, 0.3) is 0 Å². The molecule has 5 heavy (non-hydrogen) atoms. The fourth-order valence-electron chi connectivity index (χ4n) is 0.0589. The van der Waals surface area contributed by atoms with E-state index in [4.69, 9.17) is 5.41 Å². The summed E-state index contributed by atoms with van der Waals surface area (Å²) in [6.45, 7) is 3.22.